The van der Waals surface area contributed by atoms with Crippen molar-refractivity contribution in [3.63, 3.8) is 0 Å². The van der Waals surface area contributed by atoms with Crippen molar-refractivity contribution in [3.8, 4) is 39.9 Å². The van der Waals surface area contributed by atoms with Gasteiger partial charge in [0.1, 0.15) is 12.3 Å². The molecular formula is C34H27ClN6O8S. The average molecular weight is 715 g/mol. The lowest BCUT2D eigenvalue weighted by Gasteiger charge is -2.17. The molecule has 6 aromatic rings. The monoisotopic (exact) mass is 714 g/mol. The highest BCUT2D eigenvalue weighted by molar-refractivity contribution is 7.92. The normalized spacial score (nSPS) is 12.8. The maximum Gasteiger partial charge on any atom is 0.269 e. The first-order valence-corrected chi connectivity index (χ1v) is 16.6. The fraction of sp³-hybridized carbons (Fsp3) is 0.147. The van der Waals surface area contributed by atoms with Crippen molar-refractivity contribution in [3.05, 3.63) is 113 Å². The second kappa shape index (κ2) is 12.8. The fourth-order valence-electron chi connectivity index (χ4n) is 5.99. The number of nitrogens with one attached hydrogen (secondary N) is 1. The number of anilines is 1. The Morgan fingerprint density at radius 2 is 1.78 bits per heavy atom. The molecule has 4 aromatic carbocycles. The number of aryl methyl sites for hydroxylation is 2. The van der Waals surface area contributed by atoms with Crippen molar-refractivity contribution in [2.45, 2.75) is 24.5 Å². The molecule has 16 heteroatoms. The predicted molar refractivity (Wildman–Crippen MR) is 176 cm³/mol. The zero-order valence-electron chi connectivity index (χ0n) is 26.3. The van der Waals surface area contributed by atoms with Crippen LogP contribution < -0.4 is 40.6 Å². The van der Waals surface area contributed by atoms with Gasteiger partial charge in [0.2, 0.25) is 12.5 Å². The van der Waals surface area contributed by atoms with Crippen LogP contribution in [0.5, 0.6) is 23.0 Å². The third-order valence-corrected chi connectivity index (χ3v) is 9.84. The topological polar surface area (TPSA) is 161 Å². The number of nitrogens with zero attached hydrogens (tertiary/aromatic N) is 5. The molecule has 0 bridgehead atoms. The molecule has 8 rings (SSSR count). The third kappa shape index (κ3) is 5.97. The summed E-state index contributed by atoms with van der Waals surface area (Å²) in [5.74, 6) is 2.69. The number of methoxy groups -OCH3 is 1. The maximum atomic E-state index is 12.9. The number of benzene rings is 4. The molecule has 50 heavy (non-hydrogen) atoms. The van der Waals surface area contributed by atoms with Crippen LogP contribution in [0.4, 0.5) is 11.4 Å². The average Bonchev–Trinajstić information content (AvgIpc) is 3.78. The van der Waals surface area contributed by atoms with Crippen molar-refractivity contribution < 1.29 is 49.3 Å². The van der Waals surface area contributed by atoms with E-state index in [0.717, 1.165) is 46.5 Å². The first kappa shape index (κ1) is 32.6. The van der Waals surface area contributed by atoms with E-state index in [1.807, 2.05) is 18.2 Å². The van der Waals surface area contributed by atoms with E-state index in [9.17, 15) is 18.5 Å². The van der Waals surface area contributed by atoms with E-state index in [1.54, 1.807) is 25.4 Å². The number of non-ortho nitro benzene ring substituents is 1. The predicted octanol–water partition coefficient (Wildman–Crippen LogP) is 1.96. The van der Waals surface area contributed by atoms with Gasteiger partial charge in [-0.15, -0.1) is 5.10 Å². The summed E-state index contributed by atoms with van der Waals surface area (Å²) in [6, 6.07) is 21.3. The summed E-state index contributed by atoms with van der Waals surface area (Å²) in [4.78, 5) is 10.3. The van der Waals surface area contributed by atoms with Crippen LogP contribution in [0, 0.1) is 10.1 Å². The molecule has 2 aliphatic heterocycles. The van der Waals surface area contributed by atoms with Gasteiger partial charge in [0.25, 0.3) is 15.7 Å². The van der Waals surface area contributed by atoms with Gasteiger partial charge in [-0.3, -0.25) is 14.8 Å². The number of fused-ring (bicyclic) bond motifs is 5. The van der Waals surface area contributed by atoms with E-state index in [-0.39, 0.29) is 42.1 Å². The van der Waals surface area contributed by atoms with Gasteiger partial charge >= 0.3 is 0 Å². The molecule has 0 unspecified atom stereocenters. The first-order chi connectivity index (χ1) is 23.8. The van der Waals surface area contributed by atoms with E-state index in [2.05, 4.69) is 37.9 Å². The van der Waals surface area contributed by atoms with Crippen LogP contribution >= 0.6 is 0 Å². The number of pyridine rings is 1. The second-order valence-electron chi connectivity index (χ2n) is 11.4. The quantitative estimate of drug-likeness (QED) is 0.133. The van der Waals surface area contributed by atoms with Crippen molar-refractivity contribution in [1.82, 2.24) is 15.0 Å². The highest BCUT2D eigenvalue weighted by Gasteiger charge is 2.29. The minimum Gasteiger partial charge on any atom is -1.00 e. The van der Waals surface area contributed by atoms with Crippen LogP contribution in [-0.4, -0.2) is 42.2 Å². The molecule has 0 saturated heterocycles. The number of hydrogen-bond acceptors (Lipinski definition) is 10. The van der Waals surface area contributed by atoms with Gasteiger partial charge in [0.15, 0.2) is 35.7 Å². The van der Waals surface area contributed by atoms with E-state index < -0.39 is 14.9 Å². The smallest absolute Gasteiger partial charge is 0.269 e. The molecule has 14 nitrogen and oxygen atoms in total. The molecule has 0 atom stereocenters. The summed E-state index contributed by atoms with van der Waals surface area (Å²) in [6.07, 6.45) is 4.63. The van der Waals surface area contributed by atoms with Gasteiger partial charge in [0, 0.05) is 30.3 Å². The first-order valence-electron chi connectivity index (χ1n) is 15.1. The number of ether oxygens (including phenoxy) is 4. The number of aromatic nitrogens is 4. The Morgan fingerprint density at radius 3 is 2.52 bits per heavy atom. The van der Waals surface area contributed by atoms with Crippen molar-refractivity contribution in [2.75, 3.05) is 18.6 Å². The van der Waals surface area contributed by atoms with E-state index in [0.29, 0.717) is 22.9 Å². The Bertz CT molecular complexity index is 2390. The molecule has 0 aliphatic carbocycles. The number of nitro groups is 1. The van der Waals surface area contributed by atoms with Crippen LogP contribution in [0.25, 0.3) is 27.7 Å². The molecule has 4 heterocycles. The summed E-state index contributed by atoms with van der Waals surface area (Å²) < 4.78 is 55.2. The van der Waals surface area contributed by atoms with Crippen LogP contribution in [0.3, 0.4) is 0 Å². The van der Waals surface area contributed by atoms with Crippen LogP contribution in [0.1, 0.15) is 11.3 Å². The highest BCUT2D eigenvalue weighted by atomic mass is 35.5. The van der Waals surface area contributed by atoms with Gasteiger partial charge in [-0.2, -0.15) is 4.57 Å². The molecule has 1 N–H and O–H groups in total. The molecule has 0 saturated carbocycles. The molecule has 0 fully saturated rings. The lowest BCUT2D eigenvalue weighted by Crippen LogP contribution is -3.00. The number of rotatable bonds is 9. The molecule has 0 spiro atoms. The number of sulfonamides is 1. The number of nitro benzene ring substituents is 1. The van der Waals surface area contributed by atoms with Crippen LogP contribution in [-0.2, 0) is 29.6 Å². The SMILES string of the molecule is COc1ccc2cc3[n+](cc2c1OCc1cn(-c2ccc(S(=O)(=O)Nc4ccc([N+](=O)[O-])cc4)cc2)nn1)CCc1cc2c(cc1-3)OCO2.[Cl-]. The third-order valence-electron chi connectivity index (χ3n) is 8.44. The molecule has 0 amide bonds. The molecule has 2 aromatic heterocycles. The van der Waals surface area contributed by atoms with Gasteiger partial charge in [0.05, 0.1) is 39.8 Å². The number of halogens is 1. The van der Waals surface area contributed by atoms with Gasteiger partial charge in [-0.05, 0) is 71.6 Å². The van der Waals surface area contributed by atoms with Gasteiger partial charge in [-0.25, -0.2) is 13.1 Å². The Labute approximate surface area is 291 Å². The minimum atomic E-state index is -3.94. The summed E-state index contributed by atoms with van der Waals surface area (Å²) >= 11 is 0. The number of hydrogen-bond donors (Lipinski definition) is 1. The Hall–Kier alpha value is -5.93. The highest BCUT2D eigenvalue weighted by Crippen LogP contribution is 2.42. The van der Waals surface area contributed by atoms with E-state index in [1.165, 1.54) is 46.6 Å². The van der Waals surface area contributed by atoms with Gasteiger partial charge < -0.3 is 31.4 Å². The Balaban J connectivity index is 0.00000392. The van der Waals surface area contributed by atoms with Crippen molar-refractivity contribution in [1.29, 1.82) is 0 Å². The van der Waals surface area contributed by atoms with Crippen molar-refractivity contribution >= 4 is 32.2 Å². The van der Waals surface area contributed by atoms with Crippen molar-refractivity contribution in [2.24, 2.45) is 0 Å². The maximum absolute atomic E-state index is 12.9. The summed E-state index contributed by atoms with van der Waals surface area (Å²) in [6.45, 7) is 1.12. The summed E-state index contributed by atoms with van der Waals surface area (Å²) in [5.41, 5.74) is 4.60. The minimum absolute atomic E-state index is 0. The lowest BCUT2D eigenvalue weighted by atomic mass is 9.95. The zero-order valence-corrected chi connectivity index (χ0v) is 27.8. The standard InChI is InChI=1S/C34H27N6O8S.ClH/c1-45-31-11-2-21-14-30-28-16-33-32(47-20-48-33)15-22(28)12-13-38(30)18-29(21)34(31)46-19-24-17-39(37-35-24)25-7-9-27(10-8-25)49(43,44)36-23-3-5-26(6-4-23)40(41)42;/h2-11,14-18,36H,12-13,19-20H2,1H3;1H/q+1;/p-1. The summed E-state index contributed by atoms with van der Waals surface area (Å²) in [5, 5.41) is 21.2. The lowest BCUT2D eigenvalue weighted by molar-refractivity contribution is -0.686. The van der Waals surface area contributed by atoms with Crippen LogP contribution in [0.2, 0.25) is 0 Å². The van der Waals surface area contributed by atoms with Gasteiger partial charge in [-0.1, -0.05) is 5.21 Å². The zero-order chi connectivity index (χ0) is 33.7. The summed E-state index contributed by atoms with van der Waals surface area (Å²) in [7, 11) is -2.34. The Morgan fingerprint density at radius 1 is 1.02 bits per heavy atom. The largest absolute Gasteiger partial charge is 1.00 e. The molecule has 2 aliphatic rings. The van der Waals surface area contributed by atoms with E-state index >= 15 is 0 Å². The Kier molecular flexibility index (Phi) is 8.37. The molecular weight excluding hydrogens is 688 g/mol. The molecule has 0 radical (unpaired) electrons. The fourth-order valence-corrected chi connectivity index (χ4v) is 7.05. The van der Waals surface area contributed by atoms with Crippen LogP contribution in [0.15, 0.2) is 96.2 Å². The second-order valence-corrected chi connectivity index (χ2v) is 13.1. The molecule has 254 valence electrons. The van der Waals surface area contributed by atoms with E-state index in [4.69, 9.17) is 18.9 Å².